The van der Waals surface area contributed by atoms with Crippen LogP contribution in [0.15, 0.2) is 205 Å². The molecule has 0 spiro atoms. The summed E-state index contributed by atoms with van der Waals surface area (Å²) in [7, 11) is 0. The number of hydrogen-bond acceptors (Lipinski definition) is 3. The fourth-order valence-electron chi connectivity index (χ4n) is 8.93. The zero-order valence-corrected chi connectivity index (χ0v) is 31.6. The molecule has 0 amide bonds. The number of hydrogen-bond donors (Lipinski definition) is 0. The summed E-state index contributed by atoms with van der Waals surface area (Å²) in [6, 6.07) is 72.7. The van der Waals surface area contributed by atoms with E-state index in [-0.39, 0.29) is 0 Å². The summed E-state index contributed by atoms with van der Waals surface area (Å²) in [5.41, 5.74) is 9.82. The molecule has 0 fully saturated rings. The van der Waals surface area contributed by atoms with E-state index in [9.17, 15) is 0 Å². The summed E-state index contributed by atoms with van der Waals surface area (Å²) in [6.45, 7) is 0. The fourth-order valence-corrected chi connectivity index (χ4v) is 10.2. The van der Waals surface area contributed by atoms with Crippen molar-refractivity contribution in [2.45, 2.75) is 0 Å². The molecule has 2 nitrogen and oxygen atoms in total. The zero-order valence-electron chi connectivity index (χ0n) is 30.8. The zero-order chi connectivity index (χ0) is 37.5. The van der Waals surface area contributed by atoms with Gasteiger partial charge in [-0.05, 0) is 104 Å². The lowest BCUT2D eigenvalue weighted by molar-refractivity contribution is 0.672. The molecule has 0 unspecified atom stereocenters. The van der Waals surface area contributed by atoms with Gasteiger partial charge in [0.15, 0.2) is 0 Å². The van der Waals surface area contributed by atoms with Crippen LogP contribution in [-0.2, 0) is 0 Å². The largest absolute Gasteiger partial charge is 0.455 e. The van der Waals surface area contributed by atoms with Crippen LogP contribution in [0.2, 0.25) is 0 Å². The average molecular weight is 744 g/mol. The molecule has 0 aliphatic carbocycles. The number of benzene rings is 10. The van der Waals surface area contributed by atoms with Crippen LogP contribution in [0.5, 0.6) is 0 Å². The molecule has 12 aromatic rings. The molecule has 2 aromatic heterocycles. The minimum absolute atomic E-state index is 0.871. The minimum Gasteiger partial charge on any atom is -0.455 e. The maximum absolute atomic E-state index is 6.71. The predicted octanol–water partition coefficient (Wildman–Crippen LogP) is 16.2. The van der Waals surface area contributed by atoms with E-state index < -0.39 is 0 Å². The molecule has 0 saturated carbocycles. The topological polar surface area (TPSA) is 16.4 Å². The quantitative estimate of drug-likeness (QED) is 0.163. The van der Waals surface area contributed by atoms with Crippen LogP contribution in [0.25, 0.3) is 96.7 Å². The lowest BCUT2D eigenvalue weighted by Crippen LogP contribution is -2.10. The summed E-state index contributed by atoms with van der Waals surface area (Å²) in [5, 5.41) is 12.2. The van der Waals surface area contributed by atoms with Gasteiger partial charge in [0, 0.05) is 42.3 Å². The van der Waals surface area contributed by atoms with Crippen molar-refractivity contribution in [3.63, 3.8) is 0 Å². The second-order valence-corrected chi connectivity index (χ2v) is 15.9. The molecule has 266 valence electrons. The summed E-state index contributed by atoms with van der Waals surface area (Å²) in [6.07, 6.45) is 0. The van der Waals surface area contributed by atoms with Crippen LogP contribution in [0, 0.1) is 0 Å². The molecule has 10 aromatic carbocycles. The molecule has 3 heteroatoms. The van der Waals surface area contributed by atoms with Gasteiger partial charge in [-0.2, -0.15) is 0 Å². The van der Waals surface area contributed by atoms with E-state index in [1.165, 1.54) is 69.4 Å². The molecule has 0 atom stereocenters. The molecule has 0 N–H and O–H groups in total. The van der Waals surface area contributed by atoms with Gasteiger partial charge in [0.25, 0.3) is 0 Å². The number of nitrogens with zero attached hydrogens (tertiary/aromatic N) is 1. The first-order valence-electron chi connectivity index (χ1n) is 19.4. The third-order valence-corrected chi connectivity index (χ3v) is 12.8. The second-order valence-electron chi connectivity index (χ2n) is 14.9. The first kappa shape index (κ1) is 32.1. The van der Waals surface area contributed by atoms with Crippen LogP contribution in [0.4, 0.5) is 17.1 Å². The number of fused-ring (bicyclic) bond motifs is 11. The SMILES string of the molecule is c1cc(-c2cccc3c2sc2ccccc23)cc(N(c2ccc(-c3ccc4c(ccc5ccccc54)c3)cc2)c2cccc3oc4c5ccccc5ccc4c23)c1. The number of anilines is 3. The predicted molar refractivity (Wildman–Crippen MR) is 245 cm³/mol. The van der Waals surface area contributed by atoms with Crippen molar-refractivity contribution in [2.24, 2.45) is 0 Å². The van der Waals surface area contributed by atoms with Crippen LogP contribution in [0.1, 0.15) is 0 Å². The van der Waals surface area contributed by atoms with Crippen molar-refractivity contribution in [1.82, 2.24) is 0 Å². The van der Waals surface area contributed by atoms with E-state index in [0.29, 0.717) is 0 Å². The second kappa shape index (κ2) is 12.7. The fraction of sp³-hybridized carbons (Fsp3) is 0. The van der Waals surface area contributed by atoms with Gasteiger partial charge in [0.1, 0.15) is 11.2 Å². The molecule has 0 aliphatic rings. The smallest absolute Gasteiger partial charge is 0.143 e. The van der Waals surface area contributed by atoms with Crippen LogP contribution < -0.4 is 4.90 Å². The highest BCUT2D eigenvalue weighted by Gasteiger charge is 2.21. The van der Waals surface area contributed by atoms with Gasteiger partial charge in [-0.15, -0.1) is 11.3 Å². The van der Waals surface area contributed by atoms with Gasteiger partial charge in [0.2, 0.25) is 0 Å². The lowest BCUT2D eigenvalue weighted by Gasteiger charge is -2.27. The van der Waals surface area contributed by atoms with Crippen molar-refractivity contribution in [2.75, 3.05) is 4.90 Å². The average Bonchev–Trinajstić information content (AvgIpc) is 3.86. The van der Waals surface area contributed by atoms with Crippen molar-refractivity contribution in [3.05, 3.63) is 200 Å². The monoisotopic (exact) mass is 743 g/mol. The number of furan rings is 1. The Labute approximate surface area is 333 Å². The molecule has 0 radical (unpaired) electrons. The minimum atomic E-state index is 0.871. The van der Waals surface area contributed by atoms with Crippen LogP contribution in [-0.4, -0.2) is 0 Å². The first-order chi connectivity index (χ1) is 28.2. The molecule has 57 heavy (non-hydrogen) atoms. The molecule has 0 aliphatic heterocycles. The van der Waals surface area contributed by atoms with Gasteiger partial charge in [0.05, 0.1) is 11.1 Å². The third-order valence-electron chi connectivity index (χ3n) is 11.6. The van der Waals surface area contributed by atoms with Crippen LogP contribution >= 0.6 is 11.3 Å². The van der Waals surface area contributed by atoms with Gasteiger partial charge < -0.3 is 9.32 Å². The molecular formula is C54H33NOS. The Bertz CT molecular complexity index is 3540. The Morgan fingerprint density at radius 1 is 0.386 bits per heavy atom. The van der Waals surface area contributed by atoms with Gasteiger partial charge >= 0.3 is 0 Å². The molecular weight excluding hydrogens is 711 g/mol. The lowest BCUT2D eigenvalue weighted by atomic mass is 9.97. The van der Waals surface area contributed by atoms with E-state index in [1.807, 2.05) is 11.3 Å². The number of rotatable bonds is 5. The summed E-state index contributed by atoms with van der Waals surface area (Å²) in [4.78, 5) is 2.40. The van der Waals surface area contributed by atoms with Gasteiger partial charge in [-0.3, -0.25) is 0 Å². The third kappa shape index (κ3) is 5.10. The Kier molecular flexibility index (Phi) is 7.13. The van der Waals surface area contributed by atoms with Crippen LogP contribution in [0.3, 0.4) is 0 Å². The summed E-state index contributed by atoms with van der Waals surface area (Å²) in [5.74, 6) is 0. The number of thiophene rings is 1. The summed E-state index contributed by atoms with van der Waals surface area (Å²) >= 11 is 1.87. The van der Waals surface area contributed by atoms with E-state index in [2.05, 4.69) is 205 Å². The molecule has 0 bridgehead atoms. The normalized spacial score (nSPS) is 11.9. The van der Waals surface area contributed by atoms with E-state index in [0.717, 1.165) is 44.4 Å². The highest BCUT2D eigenvalue weighted by molar-refractivity contribution is 7.26. The Morgan fingerprint density at radius 3 is 1.95 bits per heavy atom. The maximum atomic E-state index is 6.71. The molecule has 0 saturated heterocycles. The first-order valence-corrected chi connectivity index (χ1v) is 20.2. The Morgan fingerprint density at radius 2 is 1.05 bits per heavy atom. The highest BCUT2D eigenvalue weighted by Crippen LogP contribution is 2.46. The van der Waals surface area contributed by atoms with Crippen molar-refractivity contribution in [1.29, 1.82) is 0 Å². The highest BCUT2D eigenvalue weighted by atomic mass is 32.1. The maximum Gasteiger partial charge on any atom is 0.143 e. The Hall–Kier alpha value is -7.20. The van der Waals surface area contributed by atoms with Crippen molar-refractivity contribution in [3.8, 4) is 22.3 Å². The Balaban J connectivity index is 1.04. The molecule has 12 rings (SSSR count). The van der Waals surface area contributed by atoms with Crippen molar-refractivity contribution >= 4 is 103 Å². The standard InChI is InChI=1S/C54H33NOS/c1-3-14-42-35(10-1)22-23-39-32-37(27-30-43(39)42)34-24-28-40(29-25-34)55(49-19-9-20-50-52(49)48-31-26-36-11-2-4-15-44(36)53(48)56-50)41-13-7-12-38(33-41)45-17-8-18-47-46-16-5-6-21-51(46)57-54(45)47/h1-33H. The van der Waals surface area contributed by atoms with E-state index >= 15 is 0 Å². The molecule has 2 heterocycles. The summed E-state index contributed by atoms with van der Waals surface area (Å²) < 4.78 is 9.33. The van der Waals surface area contributed by atoms with Gasteiger partial charge in [-0.1, -0.05) is 146 Å². The van der Waals surface area contributed by atoms with E-state index in [4.69, 9.17) is 4.42 Å². The van der Waals surface area contributed by atoms with Gasteiger partial charge in [-0.25, -0.2) is 0 Å². The van der Waals surface area contributed by atoms with Crippen molar-refractivity contribution < 1.29 is 4.42 Å². The van der Waals surface area contributed by atoms with E-state index in [1.54, 1.807) is 0 Å².